The van der Waals surface area contributed by atoms with Gasteiger partial charge in [-0.05, 0) is 19.3 Å². The minimum atomic E-state index is -0.00926. The second-order valence-electron chi connectivity index (χ2n) is 2.57. The van der Waals surface area contributed by atoms with E-state index >= 15 is 0 Å². The quantitative estimate of drug-likeness (QED) is 0.522. The van der Waals surface area contributed by atoms with E-state index < -0.39 is 0 Å². The highest BCUT2D eigenvalue weighted by Crippen LogP contribution is 2.38. The van der Waals surface area contributed by atoms with Gasteiger partial charge in [0.25, 0.3) is 0 Å². The van der Waals surface area contributed by atoms with E-state index in [1.807, 2.05) is 6.92 Å². The summed E-state index contributed by atoms with van der Waals surface area (Å²) in [5.41, 5.74) is 0. The van der Waals surface area contributed by atoms with Gasteiger partial charge in [0, 0.05) is 0 Å². The van der Waals surface area contributed by atoms with E-state index in [0.29, 0.717) is 12.5 Å². The molecule has 1 saturated carbocycles. The molecule has 0 aliphatic heterocycles. The van der Waals surface area contributed by atoms with Crippen LogP contribution in [0.1, 0.15) is 20.3 Å². The summed E-state index contributed by atoms with van der Waals surface area (Å²) in [6.45, 7) is 4.43. The molecule has 0 saturated heterocycles. The minimum Gasteiger partial charge on any atom is -0.466 e. The van der Waals surface area contributed by atoms with Crippen molar-refractivity contribution in [2.75, 3.05) is 6.61 Å². The molecule has 1 fully saturated rings. The van der Waals surface area contributed by atoms with Crippen LogP contribution in [0.15, 0.2) is 0 Å². The molecule has 2 atom stereocenters. The third-order valence-electron chi connectivity index (χ3n) is 1.70. The predicted molar refractivity (Wildman–Crippen MR) is 33.9 cm³/mol. The molecule has 2 unspecified atom stereocenters. The fourth-order valence-corrected chi connectivity index (χ4v) is 0.900. The Morgan fingerprint density at radius 3 is 2.67 bits per heavy atom. The molecule has 0 bridgehead atoms. The van der Waals surface area contributed by atoms with Crippen molar-refractivity contribution in [1.29, 1.82) is 0 Å². The number of carbonyl (C=O) groups excluding carboxylic acids is 1. The van der Waals surface area contributed by atoms with Gasteiger partial charge in [0.15, 0.2) is 0 Å². The highest BCUT2D eigenvalue weighted by Gasteiger charge is 2.40. The molecule has 0 radical (unpaired) electrons. The highest BCUT2D eigenvalue weighted by atomic mass is 16.5. The number of rotatable bonds is 2. The van der Waals surface area contributed by atoms with Crippen LogP contribution >= 0.6 is 0 Å². The normalized spacial score (nSPS) is 31.8. The van der Waals surface area contributed by atoms with Crippen molar-refractivity contribution < 1.29 is 9.53 Å². The average molecular weight is 128 g/mol. The predicted octanol–water partition coefficient (Wildman–Crippen LogP) is 1.21. The zero-order chi connectivity index (χ0) is 6.85. The Hall–Kier alpha value is -0.530. The van der Waals surface area contributed by atoms with Gasteiger partial charge in [-0.1, -0.05) is 6.92 Å². The summed E-state index contributed by atoms with van der Waals surface area (Å²) in [6, 6.07) is 0. The Morgan fingerprint density at radius 2 is 2.33 bits per heavy atom. The van der Waals surface area contributed by atoms with E-state index in [-0.39, 0.29) is 11.9 Å². The van der Waals surface area contributed by atoms with Crippen LogP contribution in [0.2, 0.25) is 0 Å². The Labute approximate surface area is 55.2 Å². The lowest BCUT2D eigenvalue weighted by molar-refractivity contribution is -0.144. The zero-order valence-electron chi connectivity index (χ0n) is 5.89. The third kappa shape index (κ3) is 1.44. The molecule has 9 heavy (non-hydrogen) atoms. The molecule has 0 heterocycles. The van der Waals surface area contributed by atoms with E-state index in [4.69, 9.17) is 4.74 Å². The number of esters is 1. The van der Waals surface area contributed by atoms with Gasteiger partial charge in [0.1, 0.15) is 0 Å². The van der Waals surface area contributed by atoms with Crippen molar-refractivity contribution in [3.63, 3.8) is 0 Å². The zero-order valence-corrected chi connectivity index (χ0v) is 5.89. The van der Waals surface area contributed by atoms with Gasteiger partial charge in [0.2, 0.25) is 0 Å². The summed E-state index contributed by atoms with van der Waals surface area (Å²) in [5.74, 6) is 0.791. The smallest absolute Gasteiger partial charge is 0.309 e. The SMILES string of the molecule is CCOC(=O)C1CC1C. The molecule has 2 heteroatoms. The van der Waals surface area contributed by atoms with E-state index in [0.717, 1.165) is 6.42 Å². The first-order valence-electron chi connectivity index (χ1n) is 3.42. The summed E-state index contributed by atoms with van der Waals surface area (Å²) < 4.78 is 4.80. The monoisotopic (exact) mass is 128 g/mol. The molecule has 0 amide bonds. The summed E-state index contributed by atoms with van der Waals surface area (Å²) in [5, 5.41) is 0. The average Bonchev–Trinajstić information content (AvgIpc) is 2.47. The van der Waals surface area contributed by atoms with Crippen LogP contribution in [0, 0.1) is 11.8 Å². The first kappa shape index (κ1) is 6.59. The number of ether oxygens (including phenoxy) is 1. The van der Waals surface area contributed by atoms with Crippen LogP contribution in [0.5, 0.6) is 0 Å². The lowest BCUT2D eigenvalue weighted by Crippen LogP contribution is -2.06. The molecule has 0 aromatic heterocycles. The highest BCUT2D eigenvalue weighted by molar-refractivity contribution is 5.75. The van der Waals surface area contributed by atoms with Crippen LogP contribution in [-0.4, -0.2) is 12.6 Å². The molecular weight excluding hydrogens is 116 g/mol. The molecule has 52 valence electrons. The van der Waals surface area contributed by atoms with Gasteiger partial charge in [-0.3, -0.25) is 4.79 Å². The van der Waals surface area contributed by atoms with E-state index in [1.165, 1.54) is 0 Å². The van der Waals surface area contributed by atoms with Gasteiger partial charge < -0.3 is 4.74 Å². The van der Waals surface area contributed by atoms with Gasteiger partial charge in [-0.25, -0.2) is 0 Å². The van der Waals surface area contributed by atoms with Gasteiger partial charge in [-0.2, -0.15) is 0 Å². The standard InChI is InChI=1S/C7H12O2/c1-3-9-7(8)6-4-5(6)2/h5-6H,3-4H2,1-2H3. The lowest BCUT2D eigenvalue weighted by Gasteiger charge is -1.96. The van der Waals surface area contributed by atoms with Crippen molar-refractivity contribution in [3.8, 4) is 0 Å². The maximum absolute atomic E-state index is 10.8. The van der Waals surface area contributed by atoms with Gasteiger partial charge in [-0.15, -0.1) is 0 Å². The fourth-order valence-electron chi connectivity index (χ4n) is 0.900. The van der Waals surface area contributed by atoms with Gasteiger partial charge in [0.05, 0.1) is 12.5 Å². The number of carbonyl (C=O) groups is 1. The van der Waals surface area contributed by atoms with E-state index in [2.05, 4.69) is 6.92 Å². The van der Waals surface area contributed by atoms with Crippen LogP contribution in [0.25, 0.3) is 0 Å². The second-order valence-corrected chi connectivity index (χ2v) is 2.57. The Balaban J connectivity index is 2.20. The molecule has 1 rings (SSSR count). The van der Waals surface area contributed by atoms with Crippen molar-refractivity contribution in [2.45, 2.75) is 20.3 Å². The van der Waals surface area contributed by atoms with Crippen LogP contribution in [0.4, 0.5) is 0 Å². The third-order valence-corrected chi connectivity index (χ3v) is 1.70. The van der Waals surface area contributed by atoms with Crippen molar-refractivity contribution >= 4 is 5.97 Å². The second kappa shape index (κ2) is 2.38. The first-order valence-corrected chi connectivity index (χ1v) is 3.42. The van der Waals surface area contributed by atoms with Crippen molar-refractivity contribution in [1.82, 2.24) is 0 Å². The summed E-state index contributed by atoms with van der Waals surface area (Å²) in [4.78, 5) is 10.8. The minimum absolute atomic E-state index is 0.00926. The summed E-state index contributed by atoms with van der Waals surface area (Å²) >= 11 is 0. The number of hydrogen-bond acceptors (Lipinski definition) is 2. The van der Waals surface area contributed by atoms with Crippen molar-refractivity contribution in [3.05, 3.63) is 0 Å². The Bertz CT molecular complexity index is 120. The topological polar surface area (TPSA) is 26.3 Å². The van der Waals surface area contributed by atoms with Crippen molar-refractivity contribution in [2.24, 2.45) is 11.8 Å². The van der Waals surface area contributed by atoms with Crippen LogP contribution in [0.3, 0.4) is 0 Å². The van der Waals surface area contributed by atoms with E-state index in [1.54, 1.807) is 0 Å². The Kier molecular flexibility index (Phi) is 1.74. The maximum Gasteiger partial charge on any atom is 0.309 e. The molecule has 0 aromatic carbocycles. The molecule has 2 nitrogen and oxygen atoms in total. The Morgan fingerprint density at radius 1 is 1.78 bits per heavy atom. The van der Waals surface area contributed by atoms with Crippen LogP contribution in [-0.2, 0) is 9.53 Å². The summed E-state index contributed by atoms with van der Waals surface area (Å²) in [7, 11) is 0. The number of hydrogen-bond donors (Lipinski definition) is 0. The molecular formula is C7H12O2. The van der Waals surface area contributed by atoms with Gasteiger partial charge >= 0.3 is 5.97 Å². The first-order chi connectivity index (χ1) is 4.25. The molecule has 1 aliphatic carbocycles. The summed E-state index contributed by atoms with van der Waals surface area (Å²) in [6.07, 6.45) is 1.03. The molecule has 0 aromatic rings. The molecule has 1 aliphatic rings. The largest absolute Gasteiger partial charge is 0.466 e. The fraction of sp³-hybridized carbons (Fsp3) is 0.857. The van der Waals surface area contributed by atoms with E-state index in [9.17, 15) is 4.79 Å². The maximum atomic E-state index is 10.8. The molecule has 0 spiro atoms. The molecule has 0 N–H and O–H groups in total. The van der Waals surface area contributed by atoms with Crippen LogP contribution < -0.4 is 0 Å². The lowest BCUT2D eigenvalue weighted by atomic mass is 10.3.